The maximum absolute atomic E-state index is 13.3. The van der Waals surface area contributed by atoms with Crippen LogP contribution in [0.4, 0.5) is 9.18 Å². The number of benzene rings is 1. The lowest BCUT2D eigenvalue weighted by Gasteiger charge is -2.15. The van der Waals surface area contributed by atoms with Crippen molar-refractivity contribution in [1.29, 1.82) is 0 Å². The topological polar surface area (TPSA) is 74.7 Å². The zero-order valence-electron chi connectivity index (χ0n) is 13.4. The average Bonchev–Trinajstić information content (AvgIpc) is 3.17. The van der Waals surface area contributed by atoms with E-state index >= 15 is 0 Å². The van der Waals surface area contributed by atoms with Gasteiger partial charge >= 0.3 is 6.03 Å². The van der Waals surface area contributed by atoms with E-state index in [0.29, 0.717) is 19.5 Å². The highest BCUT2D eigenvalue weighted by molar-refractivity contribution is 5.83. The third-order valence-corrected chi connectivity index (χ3v) is 3.83. The molecule has 0 bridgehead atoms. The lowest BCUT2D eigenvalue weighted by Crippen LogP contribution is -2.43. The molecule has 1 atom stereocenters. The van der Waals surface area contributed by atoms with Crippen molar-refractivity contribution < 1.29 is 9.18 Å². The number of carbonyl (C=O) groups is 1. The van der Waals surface area contributed by atoms with Gasteiger partial charge in [0.1, 0.15) is 5.82 Å². The molecule has 6 nitrogen and oxygen atoms in total. The molecule has 2 amide bonds. The van der Waals surface area contributed by atoms with Crippen molar-refractivity contribution in [1.82, 2.24) is 25.2 Å². The number of fused-ring (bicyclic) bond motifs is 1. The highest BCUT2D eigenvalue weighted by Crippen LogP contribution is 2.19. The Hall–Kier alpha value is -2.83. The van der Waals surface area contributed by atoms with Crippen molar-refractivity contribution >= 4 is 16.9 Å². The monoisotopic (exact) mass is 329 g/mol. The van der Waals surface area contributed by atoms with Gasteiger partial charge in [-0.3, -0.25) is 0 Å². The van der Waals surface area contributed by atoms with Gasteiger partial charge in [0.15, 0.2) is 0 Å². The van der Waals surface area contributed by atoms with Gasteiger partial charge in [0.2, 0.25) is 0 Å². The number of aromatic amines is 1. The minimum atomic E-state index is -0.262. The maximum atomic E-state index is 13.3. The van der Waals surface area contributed by atoms with Crippen LogP contribution in [-0.4, -0.2) is 33.2 Å². The van der Waals surface area contributed by atoms with Gasteiger partial charge in [0.25, 0.3) is 0 Å². The number of urea groups is 1. The molecule has 0 radical (unpaired) electrons. The summed E-state index contributed by atoms with van der Waals surface area (Å²) in [5, 5.41) is 6.56. The number of imidazole rings is 1. The van der Waals surface area contributed by atoms with Gasteiger partial charge in [-0.1, -0.05) is 0 Å². The third kappa shape index (κ3) is 3.92. The van der Waals surface area contributed by atoms with Crippen molar-refractivity contribution in [2.75, 3.05) is 6.54 Å². The lowest BCUT2D eigenvalue weighted by atomic mass is 10.1. The maximum Gasteiger partial charge on any atom is 0.315 e. The summed E-state index contributed by atoms with van der Waals surface area (Å²) < 4.78 is 15.3. The smallest absolute Gasteiger partial charge is 0.315 e. The highest BCUT2D eigenvalue weighted by Gasteiger charge is 2.08. The Morgan fingerprint density at radius 1 is 1.46 bits per heavy atom. The van der Waals surface area contributed by atoms with Crippen LogP contribution in [-0.2, 0) is 13.0 Å². The summed E-state index contributed by atoms with van der Waals surface area (Å²) in [4.78, 5) is 19.0. The molecule has 2 heterocycles. The van der Waals surface area contributed by atoms with E-state index in [1.54, 1.807) is 18.6 Å². The normalized spacial score (nSPS) is 12.2. The molecular formula is C17H20FN5O. The van der Waals surface area contributed by atoms with Crippen LogP contribution in [0.5, 0.6) is 0 Å². The van der Waals surface area contributed by atoms with E-state index in [0.717, 1.165) is 16.5 Å². The van der Waals surface area contributed by atoms with E-state index in [4.69, 9.17) is 0 Å². The molecule has 0 saturated carbocycles. The van der Waals surface area contributed by atoms with Crippen LogP contribution in [0.15, 0.2) is 43.1 Å². The number of hydrogen-bond acceptors (Lipinski definition) is 2. The summed E-state index contributed by atoms with van der Waals surface area (Å²) in [7, 11) is 0. The van der Waals surface area contributed by atoms with Gasteiger partial charge in [-0.15, -0.1) is 0 Å². The van der Waals surface area contributed by atoms with Crippen molar-refractivity contribution in [3.63, 3.8) is 0 Å². The Labute approximate surface area is 139 Å². The highest BCUT2D eigenvalue weighted by atomic mass is 19.1. The van der Waals surface area contributed by atoms with E-state index in [2.05, 4.69) is 20.6 Å². The number of carbonyl (C=O) groups excluding carboxylic acids is 1. The SMILES string of the molecule is C[C@H](Cn1ccnc1)NC(=O)NCCc1c[nH]c2ccc(F)cc12. The van der Waals surface area contributed by atoms with Crippen LogP contribution in [0.1, 0.15) is 12.5 Å². The molecule has 0 aliphatic rings. The molecule has 0 unspecified atom stereocenters. The quantitative estimate of drug-likeness (QED) is 0.650. The molecule has 3 aromatic rings. The standard InChI is InChI=1S/C17H20FN5O/c1-12(10-23-7-6-19-11-23)22-17(24)20-5-4-13-9-21-16-3-2-14(18)8-15(13)16/h2-3,6-9,11-12,21H,4-5,10H2,1H3,(H2,20,22,24)/t12-/m1/s1. The van der Waals surface area contributed by atoms with E-state index < -0.39 is 0 Å². The van der Waals surface area contributed by atoms with Crippen molar-refractivity contribution in [2.24, 2.45) is 0 Å². The number of rotatable bonds is 6. The number of nitrogens with one attached hydrogen (secondary N) is 3. The van der Waals surface area contributed by atoms with Crippen LogP contribution in [0.2, 0.25) is 0 Å². The number of aromatic nitrogens is 3. The zero-order valence-corrected chi connectivity index (χ0v) is 13.4. The van der Waals surface area contributed by atoms with Gasteiger partial charge in [-0.05, 0) is 37.1 Å². The second-order valence-corrected chi connectivity index (χ2v) is 5.81. The molecule has 0 fully saturated rings. The largest absolute Gasteiger partial charge is 0.361 e. The van der Waals surface area contributed by atoms with Gasteiger partial charge in [0, 0.05) is 48.6 Å². The fourth-order valence-corrected chi connectivity index (χ4v) is 2.70. The van der Waals surface area contributed by atoms with Gasteiger partial charge in [-0.2, -0.15) is 0 Å². The second kappa shape index (κ2) is 7.16. The predicted molar refractivity (Wildman–Crippen MR) is 90.2 cm³/mol. The molecule has 0 spiro atoms. The van der Waals surface area contributed by atoms with Crippen LogP contribution < -0.4 is 10.6 Å². The molecule has 1 aromatic carbocycles. The molecule has 24 heavy (non-hydrogen) atoms. The first-order valence-corrected chi connectivity index (χ1v) is 7.87. The zero-order chi connectivity index (χ0) is 16.9. The molecule has 0 aliphatic heterocycles. The van der Waals surface area contributed by atoms with E-state index in [1.165, 1.54) is 12.1 Å². The lowest BCUT2D eigenvalue weighted by molar-refractivity contribution is 0.236. The van der Waals surface area contributed by atoms with E-state index in [-0.39, 0.29) is 17.9 Å². The summed E-state index contributed by atoms with van der Waals surface area (Å²) in [5.74, 6) is -0.262. The van der Waals surface area contributed by atoms with Crippen molar-refractivity contribution in [3.8, 4) is 0 Å². The molecule has 126 valence electrons. The van der Waals surface area contributed by atoms with Crippen molar-refractivity contribution in [3.05, 3.63) is 54.5 Å². The second-order valence-electron chi connectivity index (χ2n) is 5.81. The van der Waals surface area contributed by atoms with Crippen molar-refractivity contribution in [2.45, 2.75) is 25.9 Å². The summed E-state index contributed by atoms with van der Waals surface area (Å²) in [6.45, 7) is 3.07. The molecule has 0 saturated heterocycles. The summed E-state index contributed by atoms with van der Waals surface area (Å²) in [6, 6.07) is 4.42. The van der Waals surface area contributed by atoms with E-state index in [1.807, 2.05) is 23.9 Å². The minimum absolute atomic E-state index is 0.0126. The number of H-pyrrole nitrogens is 1. The summed E-state index contributed by atoms with van der Waals surface area (Å²) >= 11 is 0. The Kier molecular flexibility index (Phi) is 4.79. The Bertz CT molecular complexity index is 812. The van der Waals surface area contributed by atoms with Crippen LogP contribution >= 0.6 is 0 Å². The summed E-state index contributed by atoms with van der Waals surface area (Å²) in [6.07, 6.45) is 7.76. The van der Waals surface area contributed by atoms with E-state index in [9.17, 15) is 9.18 Å². The summed E-state index contributed by atoms with van der Waals surface area (Å²) in [5.41, 5.74) is 1.88. The Morgan fingerprint density at radius 2 is 2.33 bits per heavy atom. The fraction of sp³-hybridized carbons (Fsp3) is 0.294. The van der Waals surface area contributed by atoms with Crippen LogP contribution in [0, 0.1) is 5.82 Å². The molecule has 0 aliphatic carbocycles. The molecule has 2 aromatic heterocycles. The molecule has 7 heteroatoms. The fourth-order valence-electron chi connectivity index (χ4n) is 2.70. The first kappa shape index (κ1) is 16.0. The average molecular weight is 329 g/mol. The van der Waals surface area contributed by atoms with Gasteiger partial charge < -0.3 is 20.2 Å². The number of nitrogens with zero attached hydrogens (tertiary/aromatic N) is 2. The van der Waals surface area contributed by atoms with Gasteiger partial charge in [0.05, 0.1) is 6.33 Å². The third-order valence-electron chi connectivity index (χ3n) is 3.83. The number of amides is 2. The first-order valence-electron chi connectivity index (χ1n) is 7.87. The minimum Gasteiger partial charge on any atom is -0.361 e. The van der Waals surface area contributed by atoms with Crippen LogP contribution in [0.3, 0.4) is 0 Å². The van der Waals surface area contributed by atoms with Crippen LogP contribution in [0.25, 0.3) is 10.9 Å². The first-order chi connectivity index (χ1) is 11.6. The molecular weight excluding hydrogens is 309 g/mol. The van der Waals surface area contributed by atoms with Gasteiger partial charge in [-0.25, -0.2) is 14.2 Å². The predicted octanol–water partition coefficient (Wildman–Crippen LogP) is 2.43. The Morgan fingerprint density at radius 3 is 3.12 bits per heavy atom. The molecule has 3 rings (SSSR count). The number of hydrogen-bond donors (Lipinski definition) is 3. The molecule has 3 N–H and O–H groups in total. The Balaban J connectivity index is 1.46. The number of halogens is 1.